The molecule has 0 aromatic rings. The number of rotatable bonds is 2. The molecule has 2 heterocycles. The third kappa shape index (κ3) is 1.64. The SMILES string of the molecule is CCOC(=O)[C@@]1(C)O[C@]12CCOC(C)(C)C2. The van der Waals surface area contributed by atoms with Crippen LogP contribution in [0.1, 0.15) is 40.5 Å². The number of ether oxygens (including phenoxy) is 3. The first-order valence-corrected chi connectivity index (χ1v) is 5.87. The maximum atomic E-state index is 11.8. The summed E-state index contributed by atoms with van der Waals surface area (Å²) in [6.07, 6.45) is 1.51. The van der Waals surface area contributed by atoms with E-state index in [1.807, 2.05) is 27.7 Å². The van der Waals surface area contributed by atoms with Gasteiger partial charge < -0.3 is 14.2 Å². The van der Waals surface area contributed by atoms with E-state index in [2.05, 4.69) is 0 Å². The van der Waals surface area contributed by atoms with E-state index in [4.69, 9.17) is 14.2 Å². The van der Waals surface area contributed by atoms with Gasteiger partial charge in [0.25, 0.3) is 0 Å². The van der Waals surface area contributed by atoms with Gasteiger partial charge in [0.15, 0.2) is 5.60 Å². The van der Waals surface area contributed by atoms with Crippen LogP contribution >= 0.6 is 0 Å². The second-order valence-corrected chi connectivity index (χ2v) is 5.39. The second kappa shape index (κ2) is 3.44. The molecule has 0 bridgehead atoms. The third-order valence-corrected chi connectivity index (χ3v) is 3.60. The maximum Gasteiger partial charge on any atom is 0.341 e. The number of hydrogen-bond donors (Lipinski definition) is 0. The van der Waals surface area contributed by atoms with Crippen molar-refractivity contribution in [2.45, 2.75) is 57.3 Å². The molecule has 2 aliphatic heterocycles. The van der Waals surface area contributed by atoms with Crippen molar-refractivity contribution in [1.82, 2.24) is 0 Å². The van der Waals surface area contributed by atoms with Gasteiger partial charge in [-0.1, -0.05) is 0 Å². The van der Waals surface area contributed by atoms with Crippen LogP contribution in [0.5, 0.6) is 0 Å². The zero-order chi connectivity index (χ0) is 12.0. The zero-order valence-electron chi connectivity index (χ0n) is 10.5. The van der Waals surface area contributed by atoms with E-state index in [1.165, 1.54) is 0 Å². The summed E-state index contributed by atoms with van der Waals surface area (Å²) < 4.78 is 16.4. The van der Waals surface area contributed by atoms with Crippen LogP contribution in [0.3, 0.4) is 0 Å². The smallest absolute Gasteiger partial charge is 0.341 e. The lowest BCUT2D eigenvalue weighted by molar-refractivity contribution is -0.149. The molecule has 0 N–H and O–H groups in total. The van der Waals surface area contributed by atoms with Gasteiger partial charge in [0.1, 0.15) is 5.60 Å². The Bertz CT molecular complexity index is 312. The lowest BCUT2D eigenvalue weighted by Crippen LogP contribution is -2.44. The van der Waals surface area contributed by atoms with Crippen molar-refractivity contribution < 1.29 is 19.0 Å². The topological polar surface area (TPSA) is 48.1 Å². The molecule has 0 aromatic carbocycles. The fraction of sp³-hybridized carbons (Fsp3) is 0.917. The van der Waals surface area contributed by atoms with Crippen molar-refractivity contribution in [1.29, 1.82) is 0 Å². The molecule has 92 valence electrons. The molecule has 16 heavy (non-hydrogen) atoms. The Hall–Kier alpha value is -0.610. The molecule has 4 nitrogen and oxygen atoms in total. The Morgan fingerprint density at radius 3 is 2.62 bits per heavy atom. The van der Waals surface area contributed by atoms with Gasteiger partial charge in [0.2, 0.25) is 0 Å². The summed E-state index contributed by atoms with van der Waals surface area (Å²) in [4.78, 5) is 11.8. The van der Waals surface area contributed by atoms with Crippen LogP contribution in [0.2, 0.25) is 0 Å². The average molecular weight is 228 g/mol. The van der Waals surface area contributed by atoms with Gasteiger partial charge in [-0.25, -0.2) is 4.79 Å². The van der Waals surface area contributed by atoms with Gasteiger partial charge in [0.05, 0.1) is 18.8 Å². The quantitative estimate of drug-likeness (QED) is 0.533. The molecule has 2 saturated heterocycles. The van der Waals surface area contributed by atoms with E-state index >= 15 is 0 Å². The van der Waals surface area contributed by atoms with Crippen LogP contribution in [-0.4, -0.2) is 36.0 Å². The van der Waals surface area contributed by atoms with Gasteiger partial charge in [0, 0.05) is 12.8 Å². The van der Waals surface area contributed by atoms with Crippen LogP contribution in [-0.2, 0) is 19.0 Å². The molecule has 0 radical (unpaired) electrons. The van der Waals surface area contributed by atoms with Crippen molar-refractivity contribution >= 4 is 5.97 Å². The minimum atomic E-state index is -0.760. The van der Waals surface area contributed by atoms with Crippen LogP contribution in [0, 0.1) is 0 Å². The van der Waals surface area contributed by atoms with Crippen molar-refractivity contribution in [2.75, 3.05) is 13.2 Å². The third-order valence-electron chi connectivity index (χ3n) is 3.60. The highest BCUT2D eigenvalue weighted by Crippen LogP contribution is 2.57. The minimum absolute atomic E-state index is 0.220. The van der Waals surface area contributed by atoms with Crippen molar-refractivity contribution in [2.24, 2.45) is 0 Å². The Morgan fingerprint density at radius 1 is 1.38 bits per heavy atom. The number of carbonyl (C=O) groups is 1. The highest BCUT2D eigenvalue weighted by Gasteiger charge is 2.74. The Kier molecular flexibility index (Phi) is 2.55. The normalized spacial score (nSPS) is 40.8. The summed E-state index contributed by atoms with van der Waals surface area (Å²) >= 11 is 0. The molecule has 0 aromatic heterocycles. The molecule has 1 spiro atoms. The molecule has 4 heteroatoms. The fourth-order valence-corrected chi connectivity index (χ4v) is 2.68. The molecule has 2 fully saturated rings. The molecular formula is C12H20O4. The number of epoxide rings is 1. The predicted octanol–water partition coefficient (Wildman–Crippen LogP) is 1.67. The number of esters is 1. The lowest BCUT2D eigenvalue weighted by Gasteiger charge is -2.35. The van der Waals surface area contributed by atoms with E-state index in [0.717, 1.165) is 12.8 Å². The number of carbonyl (C=O) groups excluding carboxylic acids is 1. The van der Waals surface area contributed by atoms with Crippen LogP contribution < -0.4 is 0 Å². The molecule has 0 amide bonds. The highest BCUT2D eigenvalue weighted by molar-refractivity contribution is 5.84. The zero-order valence-corrected chi connectivity index (χ0v) is 10.5. The summed E-state index contributed by atoms with van der Waals surface area (Å²) in [6.45, 7) is 8.73. The van der Waals surface area contributed by atoms with E-state index in [0.29, 0.717) is 13.2 Å². The first-order chi connectivity index (χ1) is 7.35. The summed E-state index contributed by atoms with van der Waals surface area (Å²) in [5, 5.41) is 0. The molecule has 2 rings (SSSR count). The van der Waals surface area contributed by atoms with Gasteiger partial charge in [-0.2, -0.15) is 0 Å². The average Bonchev–Trinajstić information content (AvgIpc) is 2.70. The van der Waals surface area contributed by atoms with Crippen LogP contribution in [0.15, 0.2) is 0 Å². The van der Waals surface area contributed by atoms with Gasteiger partial charge in [-0.3, -0.25) is 0 Å². The predicted molar refractivity (Wildman–Crippen MR) is 58.1 cm³/mol. The summed E-state index contributed by atoms with van der Waals surface area (Å²) in [5.74, 6) is -0.243. The van der Waals surface area contributed by atoms with Crippen molar-refractivity contribution in [3.8, 4) is 0 Å². The second-order valence-electron chi connectivity index (χ2n) is 5.39. The van der Waals surface area contributed by atoms with E-state index in [1.54, 1.807) is 0 Å². The van der Waals surface area contributed by atoms with Crippen LogP contribution in [0.4, 0.5) is 0 Å². The monoisotopic (exact) mass is 228 g/mol. The number of hydrogen-bond acceptors (Lipinski definition) is 4. The van der Waals surface area contributed by atoms with Gasteiger partial charge >= 0.3 is 5.97 Å². The first kappa shape index (κ1) is 11.9. The Labute approximate surface area is 96.2 Å². The fourth-order valence-electron chi connectivity index (χ4n) is 2.68. The molecule has 0 aliphatic carbocycles. The summed E-state index contributed by atoms with van der Waals surface area (Å²) in [7, 11) is 0. The molecular weight excluding hydrogens is 208 g/mol. The van der Waals surface area contributed by atoms with Crippen molar-refractivity contribution in [3.63, 3.8) is 0 Å². The maximum absolute atomic E-state index is 11.8. The van der Waals surface area contributed by atoms with E-state index in [9.17, 15) is 4.79 Å². The van der Waals surface area contributed by atoms with E-state index < -0.39 is 5.60 Å². The molecule has 2 atom stereocenters. The summed E-state index contributed by atoms with van der Waals surface area (Å²) in [6, 6.07) is 0. The van der Waals surface area contributed by atoms with Crippen LogP contribution in [0.25, 0.3) is 0 Å². The molecule has 0 unspecified atom stereocenters. The summed E-state index contributed by atoms with van der Waals surface area (Å²) in [5.41, 5.74) is -1.34. The first-order valence-electron chi connectivity index (χ1n) is 5.87. The van der Waals surface area contributed by atoms with E-state index in [-0.39, 0.29) is 17.2 Å². The Balaban J connectivity index is 2.10. The van der Waals surface area contributed by atoms with Gasteiger partial charge in [-0.05, 0) is 27.7 Å². The van der Waals surface area contributed by atoms with Crippen molar-refractivity contribution in [3.05, 3.63) is 0 Å². The minimum Gasteiger partial charge on any atom is -0.464 e. The van der Waals surface area contributed by atoms with Gasteiger partial charge in [-0.15, -0.1) is 0 Å². The largest absolute Gasteiger partial charge is 0.464 e. The highest BCUT2D eigenvalue weighted by atomic mass is 16.7. The molecule has 0 saturated carbocycles. The lowest BCUT2D eigenvalue weighted by atomic mass is 9.80. The molecule has 2 aliphatic rings. The Morgan fingerprint density at radius 2 is 2.06 bits per heavy atom. The standard InChI is InChI=1S/C12H20O4/c1-5-14-9(13)11(4)12(16-11)6-7-15-10(2,3)8-12/h5-8H2,1-4H3/t11-,12+/m1/s1.